The van der Waals surface area contributed by atoms with Crippen molar-refractivity contribution in [2.45, 2.75) is 43.9 Å². The van der Waals surface area contributed by atoms with Crippen LogP contribution < -0.4 is 10.2 Å². The molecular weight excluding hydrogens is 459 g/mol. The first-order valence-corrected chi connectivity index (χ1v) is 11.0. The van der Waals surface area contributed by atoms with Crippen molar-refractivity contribution in [3.8, 4) is 6.07 Å². The molecule has 1 N–H and O–H groups in total. The molecule has 0 saturated heterocycles. The van der Waals surface area contributed by atoms with E-state index in [-0.39, 0.29) is 36.7 Å². The van der Waals surface area contributed by atoms with Crippen molar-refractivity contribution in [1.82, 2.24) is 9.78 Å². The summed E-state index contributed by atoms with van der Waals surface area (Å²) >= 11 is 0. The smallest absolute Gasteiger partial charge is 0.306 e. The number of hydrogen-bond acceptors (Lipinski definition) is 4. The Kier molecular flexibility index (Phi) is 5.16. The summed E-state index contributed by atoms with van der Waals surface area (Å²) in [6, 6.07) is 13.0. The maximum Gasteiger partial charge on any atom is 0.306 e. The van der Waals surface area contributed by atoms with E-state index < -0.39 is 29.0 Å². The molecular formula is C25H20F3N5O2. The first kappa shape index (κ1) is 22.7. The van der Waals surface area contributed by atoms with Gasteiger partial charge in [0.25, 0.3) is 11.8 Å². The fourth-order valence-electron chi connectivity index (χ4n) is 4.31. The van der Waals surface area contributed by atoms with E-state index in [1.165, 1.54) is 34.0 Å². The van der Waals surface area contributed by atoms with Crippen molar-refractivity contribution < 1.29 is 22.8 Å². The second kappa shape index (κ2) is 7.98. The number of carbonyl (C=O) groups is 2. The van der Waals surface area contributed by atoms with Gasteiger partial charge in [-0.25, -0.2) is 4.39 Å². The van der Waals surface area contributed by atoms with Crippen LogP contribution in [0.25, 0.3) is 0 Å². The summed E-state index contributed by atoms with van der Waals surface area (Å²) in [5.41, 5.74) is -1.73. The Morgan fingerprint density at radius 3 is 2.60 bits per heavy atom. The Morgan fingerprint density at radius 1 is 1.23 bits per heavy atom. The number of fused-ring (bicyclic) bond motifs is 1. The maximum absolute atomic E-state index is 14.4. The van der Waals surface area contributed by atoms with Crippen molar-refractivity contribution in [2.75, 3.05) is 10.2 Å². The summed E-state index contributed by atoms with van der Waals surface area (Å²) in [5.74, 6) is -4.69. The van der Waals surface area contributed by atoms with Gasteiger partial charge in [-0.3, -0.25) is 14.3 Å². The molecule has 1 aliphatic carbocycles. The molecule has 7 nitrogen and oxygen atoms in total. The largest absolute Gasteiger partial charge is 0.322 e. The van der Waals surface area contributed by atoms with E-state index >= 15 is 0 Å². The summed E-state index contributed by atoms with van der Waals surface area (Å²) in [7, 11) is 0. The highest BCUT2D eigenvalue weighted by Gasteiger charge is 2.64. The van der Waals surface area contributed by atoms with Gasteiger partial charge in [-0.2, -0.15) is 19.1 Å². The predicted molar refractivity (Wildman–Crippen MR) is 121 cm³/mol. The maximum atomic E-state index is 14.4. The molecule has 178 valence electrons. The number of halogens is 3. The minimum absolute atomic E-state index is 0.0468. The first-order valence-electron chi connectivity index (χ1n) is 11.0. The molecule has 5 rings (SSSR count). The van der Waals surface area contributed by atoms with Crippen LogP contribution in [0.3, 0.4) is 0 Å². The van der Waals surface area contributed by atoms with Crippen LogP contribution in [0, 0.1) is 11.3 Å². The number of rotatable bonds is 5. The molecule has 2 aromatic carbocycles. The standard InChI is InChI=1S/C25H20F3N5O2/c1-15-14-32-21(20(13-30-32)22(34)31-18-4-2-3-16(11-18)12-29)23(35)33(15)19-7-5-17(6-8-19)25(27,28)24(26)9-10-24/h2-8,11,13,15H,9-10,14H2,1H3,(H,31,34). The van der Waals surface area contributed by atoms with E-state index in [9.17, 15) is 22.8 Å². The summed E-state index contributed by atoms with van der Waals surface area (Å²) in [4.78, 5) is 27.8. The molecule has 1 aliphatic heterocycles. The molecule has 35 heavy (non-hydrogen) atoms. The molecule has 1 aromatic heterocycles. The van der Waals surface area contributed by atoms with Gasteiger partial charge in [-0.1, -0.05) is 18.2 Å². The van der Waals surface area contributed by atoms with Crippen molar-refractivity contribution in [1.29, 1.82) is 5.26 Å². The Morgan fingerprint density at radius 2 is 1.94 bits per heavy atom. The third-order valence-corrected chi connectivity index (χ3v) is 6.39. The van der Waals surface area contributed by atoms with Crippen LogP contribution in [0.5, 0.6) is 0 Å². The van der Waals surface area contributed by atoms with Gasteiger partial charge < -0.3 is 10.2 Å². The highest BCUT2D eigenvalue weighted by Crippen LogP contribution is 2.56. The zero-order chi connectivity index (χ0) is 25.0. The van der Waals surface area contributed by atoms with Crippen molar-refractivity contribution in [2.24, 2.45) is 0 Å². The molecule has 2 heterocycles. The minimum atomic E-state index is -3.60. The van der Waals surface area contributed by atoms with Gasteiger partial charge in [0.1, 0.15) is 5.69 Å². The number of alkyl halides is 3. The molecule has 0 radical (unpaired) electrons. The summed E-state index contributed by atoms with van der Waals surface area (Å²) < 4.78 is 44.4. The van der Waals surface area contributed by atoms with Gasteiger partial charge in [0, 0.05) is 16.9 Å². The predicted octanol–water partition coefficient (Wildman–Crippen LogP) is 4.65. The first-order chi connectivity index (χ1) is 16.6. The van der Waals surface area contributed by atoms with E-state index in [1.807, 2.05) is 6.07 Å². The minimum Gasteiger partial charge on any atom is -0.322 e. The van der Waals surface area contributed by atoms with Gasteiger partial charge >= 0.3 is 5.92 Å². The lowest BCUT2D eigenvalue weighted by atomic mass is 10.0. The quantitative estimate of drug-likeness (QED) is 0.577. The topological polar surface area (TPSA) is 91.0 Å². The Bertz CT molecular complexity index is 1370. The highest BCUT2D eigenvalue weighted by molar-refractivity contribution is 6.15. The highest BCUT2D eigenvalue weighted by atomic mass is 19.3. The summed E-state index contributed by atoms with van der Waals surface area (Å²) in [6.07, 6.45) is 0.935. The fraction of sp³-hybridized carbons (Fsp3) is 0.280. The van der Waals surface area contributed by atoms with Crippen molar-refractivity contribution in [3.63, 3.8) is 0 Å². The molecule has 0 spiro atoms. The van der Waals surface area contributed by atoms with Gasteiger partial charge in [0.15, 0.2) is 5.67 Å². The molecule has 2 aliphatic rings. The third kappa shape index (κ3) is 3.73. The average molecular weight is 479 g/mol. The lowest BCUT2D eigenvalue weighted by Gasteiger charge is -2.34. The zero-order valence-corrected chi connectivity index (χ0v) is 18.6. The van der Waals surface area contributed by atoms with E-state index in [0.717, 1.165) is 12.1 Å². The van der Waals surface area contributed by atoms with Crippen LogP contribution in [0.4, 0.5) is 24.5 Å². The number of nitrogens with one attached hydrogen (secondary N) is 1. The van der Waals surface area contributed by atoms with E-state index in [4.69, 9.17) is 5.26 Å². The molecule has 3 aromatic rings. The molecule has 1 atom stereocenters. The van der Waals surface area contributed by atoms with Crippen LogP contribution >= 0.6 is 0 Å². The zero-order valence-electron chi connectivity index (χ0n) is 18.6. The number of nitrogens with zero attached hydrogens (tertiary/aromatic N) is 4. The third-order valence-electron chi connectivity index (χ3n) is 6.39. The number of anilines is 2. The van der Waals surface area contributed by atoms with Crippen molar-refractivity contribution >= 4 is 23.2 Å². The van der Waals surface area contributed by atoms with Crippen LogP contribution in [0.2, 0.25) is 0 Å². The number of aromatic nitrogens is 2. The van der Waals surface area contributed by atoms with Gasteiger partial charge in [-0.05, 0) is 50.1 Å². The SMILES string of the molecule is CC1Cn2ncc(C(=O)Nc3cccc(C#N)c3)c2C(=O)N1c1ccc(C(F)(F)C2(F)CC2)cc1. The molecule has 0 bridgehead atoms. The number of hydrogen-bond donors (Lipinski definition) is 1. The summed E-state index contributed by atoms with van der Waals surface area (Å²) in [6.45, 7) is 2.06. The van der Waals surface area contributed by atoms with E-state index in [0.29, 0.717) is 16.9 Å². The average Bonchev–Trinajstić information content (AvgIpc) is 3.46. The van der Waals surface area contributed by atoms with Crippen LogP contribution in [0.15, 0.2) is 54.7 Å². The molecule has 10 heteroatoms. The van der Waals surface area contributed by atoms with Gasteiger partial charge in [-0.15, -0.1) is 0 Å². The monoisotopic (exact) mass is 479 g/mol. The van der Waals surface area contributed by atoms with E-state index in [2.05, 4.69) is 10.4 Å². The Hall–Kier alpha value is -4.13. The Labute approximate surface area is 198 Å². The second-order valence-electron chi connectivity index (χ2n) is 8.85. The molecule has 2 amide bonds. The van der Waals surface area contributed by atoms with Gasteiger partial charge in [0.05, 0.1) is 36.0 Å². The lowest BCUT2D eigenvalue weighted by molar-refractivity contribution is -0.0939. The fourth-order valence-corrected chi connectivity index (χ4v) is 4.31. The number of benzene rings is 2. The van der Waals surface area contributed by atoms with Crippen molar-refractivity contribution in [3.05, 3.63) is 77.1 Å². The summed E-state index contributed by atoms with van der Waals surface area (Å²) in [5, 5.41) is 15.9. The normalized spacial score (nSPS) is 18.5. The van der Waals surface area contributed by atoms with Crippen LogP contribution in [-0.4, -0.2) is 33.3 Å². The lowest BCUT2D eigenvalue weighted by Crippen LogP contribution is -2.47. The second-order valence-corrected chi connectivity index (χ2v) is 8.85. The number of nitriles is 1. The molecule has 1 saturated carbocycles. The van der Waals surface area contributed by atoms with E-state index in [1.54, 1.807) is 25.1 Å². The molecule has 1 fully saturated rings. The molecule has 1 unspecified atom stereocenters. The van der Waals surface area contributed by atoms with Crippen LogP contribution in [-0.2, 0) is 12.5 Å². The number of amides is 2. The number of carbonyl (C=O) groups excluding carboxylic acids is 2. The van der Waals surface area contributed by atoms with Crippen LogP contribution in [0.1, 0.15) is 51.7 Å². The Balaban J connectivity index is 1.42. The van der Waals surface area contributed by atoms with Gasteiger partial charge in [0.2, 0.25) is 0 Å².